The van der Waals surface area contributed by atoms with E-state index in [0.717, 1.165) is 0 Å². The van der Waals surface area contributed by atoms with Gasteiger partial charge in [-0.05, 0) is 12.8 Å². The molecular weight excluding hydrogens is 1220 g/mol. The van der Waals surface area contributed by atoms with Crippen LogP contribution in [0.1, 0.15) is 12.8 Å². The molecule has 0 saturated heterocycles. The number of aliphatic hydroxyl groups excluding tert-OH is 7. The Balaban J connectivity index is 5.60. The first-order valence-corrected chi connectivity index (χ1v) is 20.8. The van der Waals surface area contributed by atoms with E-state index in [1.54, 1.807) is 18.9 Å². The van der Waals surface area contributed by atoms with E-state index in [0.29, 0.717) is 0 Å². The summed E-state index contributed by atoms with van der Waals surface area (Å²) < 4.78 is 422. The largest absolute Gasteiger partial charge is 0.433 e. The summed E-state index contributed by atoms with van der Waals surface area (Å²) in [7, 11) is 0. The summed E-state index contributed by atoms with van der Waals surface area (Å²) in [5.74, 6) is -42.1. The summed E-state index contributed by atoms with van der Waals surface area (Å²) >= 11 is 0. The molecule has 0 aliphatic carbocycles. The van der Waals surface area contributed by atoms with Crippen molar-refractivity contribution in [1.82, 2.24) is 0 Å². The number of halogens is 28. The maximum atomic E-state index is 14.1. The Bertz CT molecular complexity index is 1680. The molecule has 0 radical (unpaired) electrons. The van der Waals surface area contributed by atoms with Gasteiger partial charge in [0.1, 0.15) is 44.7 Å². The van der Waals surface area contributed by atoms with Gasteiger partial charge in [0, 0.05) is 13.2 Å². The minimum Gasteiger partial charge on any atom is -0.396 e. The molecule has 4 unspecified atom stereocenters. The van der Waals surface area contributed by atoms with Crippen molar-refractivity contribution in [3.8, 4) is 0 Å². The quantitative estimate of drug-likeness (QED) is 0.0385. The van der Waals surface area contributed by atoms with E-state index in [1.807, 2.05) is 0 Å². The third-order valence-electron chi connectivity index (χ3n) is 8.73. The summed E-state index contributed by atoms with van der Waals surface area (Å²) in [4.78, 5) is 0. The third-order valence-corrected chi connectivity index (χ3v) is 8.73. The zero-order valence-corrected chi connectivity index (χ0v) is 39.0. The Kier molecular flexibility index (Phi) is 28.0. The van der Waals surface area contributed by atoms with Crippen molar-refractivity contribution in [1.29, 1.82) is 0 Å². The van der Waals surface area contributed by atoms with Gasteiger partial charge in [0.25, 0.3) is 0 Å². The predicted molar refractivity (Wildman–Crippen MR) is 192 cm³/mol. The summed E-state index contributed by atoms with van der Waals surface area (Å²) in [6, 6.07) is 0. The Hall–Kier alpha value is -2.64. The number of hydrogen-bond donors (Lipinski definition) is 7. The zero-order valence-electron chi connectivity index (χ0n) is 39.0. The topological polar surface area (TPSA) is 234 Å². The maximum absolute atomic E-state index is 14.1. The summed E-state index contributed by atoms with van der Waals surface area (Å²) in [6.45, 7) is -24.2. The molecule has 0 amide bonds. The van der Waals surface area contributed by atoms with Gasteiger partial charge in [-0.15, -0.1) is 0 Å². The van der Waals surface area contributed by atoms with E-state index in [1.165, 1.54) is 0 Å². The van der Waals surface area contributed by atoms with Crippen molar-refractivity contribution >= 4 is 0 Å². The second kappa shape index (κ2) is 29.0. The van der Waals surface area contributed by atoms with E-state index in [2.05, 4.69) is 28.4 Å². The summed E-state index contributed by atoms with van der Waals surface area (Å²) in [5, 5.41) is 64.2. The van der Waals surface area contributed by atoms with Crippen LogP contribution in [0.25, 0.3) is 0 Å². The van der Waals surface area contributed by atoms with Crippen LogP contribution in [-0.4, -0.2) is 243 Å². The molecule has 17 nitrogen and oxygen atoms in total. The molecule has 45 heteroatoms. The van der Waals surface area contributed by atoms with Crippen molar-refractivity contribution in [2.45, 2.75) is 128 Å². The van der Waals surface area contributed by atoms with Crippen LogP contribution in [0.4, 0.5) is 123 Å². The van der Waals surface area contributed by atoms with Crippen LogP contribution in [-0.2, 0) is 47.4 Å². The van der Waals surface area contributed by atoms with Crippen LogP contribution in [0.2, 0.25) is 0 Å². The standard InChI is InChI=1S/C35H44F28O17/c36-22(37,13-73-9-19(68)7-71-5-17(66)1-3-64)28(48,49)77-32(56,57)26(44,45)34(60,61)79-30(52,53)24(40,41)15-75-11-21(70)12-76-16-25(42,43)31(54,55)80-35(62,63)27(46,47)33(58,59)78-29(50,51)23(38,39)14-74-10-20(69)8-72-6-18(67)2-4-65/h17-21,64-70H,1-16H2. The second-order valence-corrected chi connectivity index (χ2v) is 15.9. The normalized spacial score (nSPS) is 17.0. The van der Waals surface area contributed by atoms with Gasteiger partial charge in [-0.25, -0.2) is 18.9 Å². The van der Waals surface area contributed by atoms with E-state index in [4.69, 9.17) is 10.2 Å². The number of alkyl halides is 28. The number of rotatable bonds is 44. The molecular formula is C35H44F28O17. The monoisotopic (exact) mass is 1270 g/mol. The van der Waals surface area contributed by atoms with Gasteiger partial charge in [0.2, 0.25) is 0 Å². The van der Waals surface area contributed by atoms with Crippen molar-refractivity contribution in [2.24, 2.45) is 0 Å². The highest BCUT2D eigenvalue weighted by Crippen LogP contribution is 2.55. The van der Waals surface area contributed by atoms with Gasteiger partial charge >= 0.3 is 84.4 Å². The fourth-order valence-electron chi connectivity index (χ4n) is 4.46. The Morgan fingerprint density at radius 2 is 0.400 bits per heavy atom. The van der Waals surface area contributed by atoms with Crippen LogP contribution in [0.3, 0.4) is 0 Å². The number of hydrogen-bond acceptors (Lipinski definition) is 17. The lowest BCUT2D eigenvalue weighted by Crippen LogP contribution is -2.63. The predicted octanol–water partition coefficient (Wildman–Crippen LogP) is 5.28. The van der Waals surface area contributed by atoms with Crippen molar-refractivity contribution in [2.75, 3.05) is 92.5 Å². The van der Waals surface area contributed by atoms with Crippen molar-refractivity contribution in [3.05, 3.63) is 0 Å². The summed E-state index contributed by atoms with van der Waals surface area (Å²) in [6.07, 6.45) is -70.9. The smallest absolute Gasteiger partial charge is 0.396 e. The maximum Gasteiger partial charge on any atom is 0.433 e. The first kappa shape index (κ1) is 77.4. The molecule has 0 aliphatic rings. The van der Waals surface area contributed by atoms with E-state index >= 15 is 0 Å². The average molecular weight is 1270 g/mol. The van der Waals surface area contributed by atoms with Gasteiger partial charge in [-0.1, -0.05) is 0 Å². The average Bonchev–Trinajstić information content (AvgIpc) is 3.24. The minimum absolute atomic E-state index is 0.288. The lowest BCUT2D eigenvalue weighted by Gasteiger charge is -2.37. The van der Waals surface area contributed by atoms with Gasteiger partial charge in [0.15, 0.2) is 0 Å². The lowest BCUT2D eigenvalue weighted by molar-refractivity contribution is -0.535. The second-order valence-electron chi connectivity index (χ2n) is 15.9. The van der Waals surface area contributed by atoms with Crippen molar-refractivity contribution in [3.63, 3.8) is 0 Å². The highest BCUT2D eigenvalue weighted by atomic mass is 19.4. The van der Waals surface area contributed by atoms with Crippen molar-refractivity contribution < 1.29 is 206 Å². The fraction of sp³-hybridized carbons (Fsp3) is 1.00. The summed E-state index contributed by atoms with van der Waals surface area (Å²) in [5.41, 5.74) is 0. The SMILES string of the molecule is OCCC(O)COCC(O)COCC(F)(F)C(F)(F)OC(F)(F)C(F)(F)C(F)(F)OC(F)(F)C(F)(F)COCC(O)COCC(F)(F)C(F)(F)OC(F)(F)C(F)(F)C(F)(F)OC(F)(F)C(F)(F)COCC(O)COCC(O)CCO. The fourth-order valence-corrected chi connectivity index (χ4v) is 4.46. The van der Waals surface area contributed by atoms with Gasteiger partial charge in [-0.3, -0.25) is 0 Å². The van der Waals surface area contributed by atoms with Crippen LogP contribution in [0.15, 0.2) is 0 Å². The van der Waals surface area contributed by atoms with E-state index < -0.39 is 207 Å². The molecule has 0 fully saturated rings. The molecule has 0 aromatic rings. The molecule has 0 saturated carbocycles. The van der Waals surface area contributed by atoms with Crippen LogP contribution < -0.4 is 0 Å². The first-order valence-electron chi connectivity index (χ1n) is 20.8. The van der Waals surface area contributed by atoms with E-state index in [-0.39, 0.29) is 12.8 Å². The zero-order chi connectivity index (χ0) is 63.3. The minimum atomic E-state index is -8.11. The van der Waals surface area contributed by atoms with Gasteiger partial charge < -0.3 is 64.2 Å². The molecule has 80 heavy (non-hydrogen) atoms. The third kappa shape index (κ3) is 21.5. The van der Waals surface area contributed by atoms with Crippen LogP contribution in [0.5, 0.6) is 0 Å². The Labute approximate surface area is 426 Å². The Morgan fingerprint density at radius 1 is 0.237 bits per heavy atom. The molecule has 0 heterocycles. The number of aliphatic hydroxyl groups is 7. The molecule has 0 aromatic heterocycles. The molecule has 7 N–H and O–H groups in total. The molecule has 0 bridgehead atoms. The molecule has 482 valence electrons. The Morgan fingerprint density at radius 3 is 0.575 bits per heavy atom. The highest BCUT2D eigenvalue weighted by Gasteiger charge is 2.83. The first-order chi connectivity index (χ1) is 35.6. The molecule has 4 atom stereocenters. The molecule has 0 aliphatic heterocycles. The van der Waals surface area contributed by atoms with E-state index in [9.17, 15) is 148 Å². The van der Waals surface area contributed by atoms with Crippen LogP contribution in [0, 0.1) is 0 Å². The lowest BCUT2D eigenvalue weighted by atomic mass is 10.2. The van der Waals surface area contributed by atoms with Gasteiger partial charge in [0.05, 0.1) is 65.1 Å². The molecule has 0 spiro atoms. The molecule has 0 aromatic carbocycles. The number of ether oxygens (including phenoxy) is 10. The van der Waals surface area contributed by atoms with Crippen LogP contribution >= 0.6 is 0 Å². The highest BCUT2D eigenvalue weighted by molar-refractivity contribution is 4.93. The molecule has 0 rings (SSSR count). The van der Waals surface area contributed by atoms with Gasteiger partial charge in [-0.2, -0.15) is 123 Å².